The topological polar surface area (TPSA) is 205 Å². The van der Waals surface area contributed by atoms with Crippen LogP contribution in [0.2, 0.25) is 0 Å². The molecule has 174 valence electrons. The summed E-state index contributed by atoms with van der Waals surface area (Å²) in [6.45, 7) is 0. The molecule has 1 saturated carbocycles. The highest BCUT2D eigenvalue weighted by atomic mass is 16.6. The van der Waals surface area contributed by atoms with Crippen molar-refractivity contribution in [3.8, 4) is 5.75 Å². The number of amides is 1. The number of nitrogens with two attached hydrogens (primary N) is 1. The lowest BCUT2D eigenvalue weighted by Gasteiger charge is -2.50. The van der Waals surface area contributed by atoms with E-state index < -0.39 is 68.7 Å². The van der Waals surface area contributed by atoms with Gasteiger partial charge in [0, 0.05) is 23.1 Å². The minimum Gasteiger partial charge on any atom is -0.508 e. The van der Waals surface area contributed by atoms with Gasteiger partial charge in [0.25, 0.3) is 11.6 Å². The second kappa shape index (κ2) is 7.12. The third kappa shape index (κ3) is 2.80. The highest BCUT2D eigenvalue weighted by molar-refractivity contribution is 6.24. The van der Waals surface area contributed by atoms with Gasteiger partial charge in [-0.05, 0) is 38.9 Å². The van der Waals surface area contributed by atoms with Crippen LogP contribution < -0.4 is 5.73 Å². The summed E-state index contributed by atoms with van der Waals surface area (Å²) in [6.07, 6.45) is -0.280. The molecule has 0 heterocycles. The van der Waals surface area contributed by atoms with Crippen LogP contribution >= 0.6 is 0 Å². The van der Waals surface area contributed by atoms with Crippen LogP contribution in [0.25, 0.3) is 5.76 Å². The first-order chi connectivity index (χ1) is 15.3. The first-order valence-electron chi connectivity index (χ1n) is 9.98. The normalized spacial score (nSPS) is 29.0. The van der Waals surface area contributed by atoms with Crippen molar-refractivity contribution in [2.75, 3.05) is 14.1 Å². The molecule has 3 aliphatic rings. The molecule has 0 spiro atoms. The molecule has 4 atom stereocenters. The Balaban J connectivity index is 2.00. The number of nitro benzene ring substituents is 1. The molecule has 4 rings (SSSR count). The number of aromatic hydroxyl groups is 1. The number of hydrogen-bond acceptors (Lipinski definition) is 10. The summed E-state index contributed by atoms with van der Waals surface area (Å²) in [5, 5.41) is 54.8. The van der Waals surface area contributed by atoms with E-state index in [1.54, 1.807) is 0 Å². The van der Waals surface area contributed by atoms with E-state index in [1.165, 1.54) is 19.0 Å². The van der Waals surface area contributed by atoms with Crippen molar-refractivity contribution in [3.63, 3.8) is 0 Å². The Morgan fingerprint density at radius 2 is 1.88 bits per heavy atom. The number of benzene rings is 1. The number of phenolic OH excluding ortho intramolecular Hbond substituents is 1. The fourth-order valence-electron chi connectivity index (χ4n) is 5.40. The number of Topliss-reactive ketones (excluding diaryl/α,β-unsaturated/α-hetero) is 2. The van der Waals surface area contributed by atoms with Gasteiger partial charge in [0.15, 0.2) is 11.4 Å². The molecule has 0 aliphatic heterocycles. The van der Waals surface area contributed by atoms with Crippen molar-refractivity contribution >= 4 is 28.9 Å². The first kappa shape index (κ1) is 22.4. The third-order valence-corrected chi connectivity index (χ3v) is 6.78. The van der Waals surface area contributed by atoms with Crippen molar-refractivity contribution in [1.29, 1.82) is 0 Å². The number of phenols is 1. The summed E-state index contributed by atoms with van der Waals surface area (Å²) in [5.74, 6) is -7.96. The Kier molecular flexibility index (Phi) is 4.84. The number of carbonyl (C=O) groups excluding carboxylic acids is 3. The van der Waals surface area contributed by atoms with Crippen LogP contribution in [0.15, 0.2) is 29.0 Å². The maximum Gasteiger partial charge on any atom is 0.273 e. The molecule has 1 fully saturated rings. The second-order valence-electron chi connectivity index (χ2n) is 8.68. The lowest BCUT2D eigenvalue weighted by Crippen LogP contribution is -2.65. The van der Waals surface area contributed by atoms with E-state index in [9.17, 15) is 44.9 Å². The molecule has 0 unspecified atom stereocenters. The number of nitro groups is 1. The van der Waals surface area contributed by atoms with E-state index in [0.717, 1.165) is 12.1 Å². The van der Waals surface area contributed by atoms with E-state index in [1.807, 2.05) is 0 Å². The van der Waals surface area contributed by atoms with E-state index >= 15 is 0 Å². The summed E-state index contributed by atoms with van der Waals surface area (Å²) in [7, 11) is 2.96. The number of aliphatic hydroxyl groups is 3. The van der Waals surface area contributed by atoms with Gasteiger partial charge in [-0.15, -0.1) is 0 Å². The number of nitrogens with zero attached hydrogens (tertiary/aromatic N) is 2. The van der Waals surface area contributed by atoms with Gasteiger partial charge >= 0.3 is 0 Å². The highest BCUT2D eigenvalue weighted by Crippen LogP contribution is 2.53. The molecule has 1 amide bonds. The molecular formula is C21H21N3O9. The summed E-state index contributed by atoms with van der Waals surface area (Å²) < 4.78 is 0. The minimum absolute atomic E-state index is 0.00520. The van der Waals surface area contributed by atoms with Gasteiger partial charge in [-0.1, -0.05) is 0 Å². The van der Waals surface area contributed by atoms with Gasteiger partial charge in [0.1, 0.15) is 22.8 Å². The molecule has 0 saturated heterocycles. The average molecular weight is 459 g/mol. The number of fused-ring (bicyclic) bond motifs is 3. The van der Waals surface area contributed by atoms with Crippen LogP contribution in [0.5, 0.6) is 5.75 Å². The average Bonchev–Trinajstić information content (AvgIpc) is 2.70. The summed E-state index contributed by atoms with van der Waals surface area (Å²) in [4.78, 5) is 50.6. The smallest absolute Gasteiger partial charge is 0.273 e. The molecule has 33 heavy (non-hydrogen) atoms. The van der Waals surface area contributed by atoms with Crippen molar-refractivity contribution in [3.05, 3.63) is 50.3 Å². The molecule has 1 aromatic carbocycles. The predicted molar refractivity (Wildman–Crippen MR) is 111 cm³/mol. The summed E-state index contributed by atoms with van der Waals surface area (Å²) >= 11 is 0. The minimum atomic E-state index is -2.75. The Bertz CT molecular complexity index is 1220. The zero-order valence-corrected chi connectivity index (χ0v) is 17.6. The van der Waals surface area contributed by atoms with E-state index in [2.05, 4.69) is 0 Å². The summed E-state index contributed by atoms with van der Waals surface area (Å²) in [5.41, 5.74) is 0.543. The number of rotatable bonds is 3. The number of primary amides is 1. The number of carbonyl (C=O) groups is 3. The molecule has 0 aromatic heterocycles. The fourth-order valence-corrected chi connectivity index (χ4v) is 5.40. The zero-order valence-electron chi connectivity index (χ0n) is 17.6. The SMILES string of the molecule is CN(C)[C@@H]1C(=O)C(C(N)=O)=C(O)[C@]2(O)C(=O)C3=C(O)c4c(O)ccc([N+](=O)[O-])c4C[C@H]3C[C@H]12. The third-order valence-electron chi connectivity index (χ3n) is 6.78. The zero-order chi connectivity index (χ0) is 24.6. The quantitative estimate of drug-likeness (QED) is 0.230. The van der Waals surface area contributed by atoms with E-state index in [4.69, 9.17) is 5.73 Å². The van der Waals surface area contributed by atoms with E-state index in [0.29, 0.717) is 0 Å². The highest BCUT2D eigenvalue weighted by Gasteiger charge is 2.64. The van der Waals surface area contributed by atoms with Crippen LogP contribution in [0.1, 0.15) is 17.5 Å². The van der Waals surface area contributed by atoms with Crippen molar-refractivity contribution in [2.24, 2.45) is 17.6 Å². The van der Waals surface area contributed by atoms with Crippen LogP contribution in [0, 0.1) is 22.0 Å². The lowest BCUT2D eigenvalue weighted by molar-refractivity contribution is -0.385. The fraction of sp³-hybridized carbons (Fsp3) is 0.381. The molecule has 1 aromatic rings. The maximum absolute atomic E-state index is 13.6. The van der Waals surface area contributed by atoms with Crippen molar-refractivity contribution in [2.45, 2.75) is 24.5 Å². The van der Waals surface area contributed by atoms with Gasteiger partial charge in [0.2, 0.25) is 5.78 Å². The largest absolute Gasteiger partial charge is 0.508 e. The van der Waals surface area contributed by atoms with E-state index in [-0.39, 0.29) is 35.2 Å². The predicted octanol–water partition coefficient (Wildman–Crippen LogP) is -0.128. The number of likely N-dealkylation sites (N-methyl/N-ethyl adjacent to an activating group) is 1. The van der Waals surface area contributed by atoms with Crippen LogP contribution in [0.3, 0.4) is 0 Å². The molecule has 12 heteroatoms. The Labute approximate surface area is 186 Å². The number of hydrogen-bond donors (Lipinski definition) is 5. The maximum atomic E-state index is 13.6. The second-order valence-corrected chi connectivity index (χ2v) is 8.68. The van der Waals surface area contributed by atoms with Crippen LogP contribution in [-0.4, -0.2) is 73.5 Å². The van der Waals surface area contributed by atoms with Gasteiger partial charge < -0.3 is 26.2 Å². The number of ketones is 2. The Morgan fingerprint density at radius 3 is 2.42 bits per heavy atom. The number of aliphatic hydroxyl groups excluding tert-OH is 2. The summed E-state index contributed by atoms with van der Waals surface area (Å²) in [6, 6.07) is 0.859. The van der Waals surface area contributed by atoms with Gasteiger partial charge in [-0.2, -0.15) is 0 Å². The standard InChI is InChI=1S/C21H21N3O9/c1-23(2)15-9-6-7-5-8-10(24(32)33)3-4-11(25)13(8)16(26)12(7)18(28)21(9,31)19(29)14(17(15)27)20(22)30/h3-4,7,9,15,25-26,29,31H,5-6H2,1-2H3,(H2,22,30)/t7-,9+,15-,21+/m0/s1. The molecule has 6 N–H and O–H groups in total. The molecule has 12 nitrogen and oxygen atoms in total. The Hall–Kier alpha value is -3.77. The molecule has 0 radical (unpaired) electrons. The van der Waals surface area contributed by atoms with Crippen LogP contribution in [0.4, 0.5) is 5.69 Å². The Morgan fingerprint density at radius 1 is 1.24 bits per heavy atom. The first-order valence-corrected chi connectivity index (χ1v) is 9.98. The van der Waals surface area contributed by atoms with Crippen LogP contribution in [-0.2, 0) is 20.8 Å². The van der Waals surface area contributed by atoms with Gasteiger partial charge in [-0.3, -0.25) is 29.4 Å². The molecule has 0 bridgehead atoms. The van der Waals surface area contributed by atoms with Crippen molar-refractivity contribution < 1.29 is 39.7 Å². The van der Waals surface area contributed by atoms with Gasteiger partial charge in [0.05, 0.1) is 16.5 Å². The molecule has 3 aliphatic carbocycles. The molecular weight excluding hydrogens is 438 g/mol. The van der Waals surface area contributed by atoms with Crippen molar-refractivity contribution in [1.82, 2.24) is 4.90 Å². The van der Waals surface area contributed by atoms with Gasteiger partial charge in [-0.25, -0.2) is 0 Å². The monoisotopic (exact) mass is 459 g/mol. The lowest BCUT2D eigenvalue weighted by atomic mass is 9.57.